The quantitative estimate of drug-likeness (QED) is 0.723. The van der Waals surface area contributed by atoms with Gasteiger partial charge in [-0.3, -0.25) is 9.79 Å². The molecule has 0 aliphatic carbocycles. The van der Waals surface area contributed by atoms with Gasteiger partial charge in [0.05, 0.1) is 24.5 Å². The van der Waals surface area contributed by atoms with E-state index in [0.717, 1.165) is 5.04 Å². The Kier molecular flexibility index (Phi) is 6.34. The van der Waals surface area contributed by atoms with E-state index in [-0.39, 0.29) is 23.6 Å². The van der Waals surface area contributed by atoms with Crippen LogP contribution in [-0.4, -0.2) is 42.5 Å². The van der Waals surface area contributed by atoms with Crippen molar-refractivity contribution in [3.63, 3.8) is 0 Å². The highest BCUT2D eigenvalue weighted by molar-refractivity contribution is 8.14. The van der Waals surface area contributed by atoms with Crippen molar-refractivity contribution in [3.8, 4) is 0 Å². The molecule has 0 aromatic carbocycles. The Labute approximate surface area is 118 Å². The number of carbonyl (C=O) groups is 2. The van der Waals surface area contributed by atoms with E-state index in [1.165, 1.54) is 18.9 Å². The van der Waals surface area contributed by atoms with Crippen LogP contribution in [0.2, 0.25) is 0 Å². The largest absolute Gasteiger partial charge is 0.468 e. The van der Waals surface area contributed by atoms with Crippen molar-refractivity contribution in [2.24, 2.45) is 16.8 Å². The van der Waals surface area contributed by atoms with Gasteiger partial charge in [-0.05, 0) is 19.3 Å². The molecule has 0 saturated heterocycles. The van der Waals surface area contributed by atoms with Crippen LogP contribution in [-0.2, 0) is 19.1 Å². The summed E-state index contributed by atoms with van der Waals surface area (Å²) in [4.78, 5) is 27.3. The third-order valence-electron chi connectivity index (χ3n) is 3.01. The molecule has 19 heavy (non-hydrogen) atoms. The lowest BCUT2D eigenvalue weighted by Crippen LogP contribution is -2.22. The maximum absolute atomic E-state index is 11.7. The summed E-state index contributed by atoms with van der Waals surface area (Å²) >= 11 is 1.36. The van der Waals surface area contributed by atoms with Gasteiger partial charge in [0.15, 0.2) is 0 Å². The van der Waals surface area contributed by atoms with Gasteiger partial charge in [-0.15, -0.1) is 0 Å². The van der Waals surface area contributed by atoms with E-state index >= 15 is 0 Å². The molecule has 2 atom stereocenters. The molecule has 0 spiro atoms. The maximum Gasteiger partial charge on any atom is 0.330 e. The minimum atomic E-state index is -0.424. The number of carbonyl (C=O) groups excluding carboxylic acids is 2. The number of ether oxygens (including phenoxy) is 2. The molecule has 0 radical (unpaired) electrons. The summed E-state index contributed by atoms with van der Waals surface area (Å²) in [5, 5.41) is 0.860. The second-order valence-corrected chi connectivity index (χ2v) is 5.68. The molecule has 0 amide bonds. The van der Waals surface area contributed by atoms with Gasteiger partial charge >= 0.3 is 11.9 Å². The first-order valence-corrected chi connectivity index (χ1v) is 7.42. The standard InChI is InChI=1S/C13H21NO4S/c1-5-18-13(16)10-6-9(8(2)3)12(14-10)19-7-11(15)17-4/h8-10H,5-7H2,1-4H3/t9-,10+/m1/s1. The first kappa shape index (κ1) is 16.0. The van der Waals surface area contributed by atoms with Crippen molar-refractivity contribution in [2.75, 3.05) is 19.5 Å². The first-order valence-electron chi connectivity index (χ1n) is 6.43. The van der Waals surface area contributed by atoms with Gasteiger partial charge < -0.3 is 9.47 Å². The zero-order valence-electron chi connectivity index (χ0n) is 11.8. The third kappa shape index (κ3) is 4.53. The summed E-state index contributed by atoms with van der Waals surface area (Å²) < 4.78 is 9.61. The van der Waals surface area contributed by atoms with Crippen LogP contribution < -0.4 is 0 Å². The Morgan fingerprint density at radius 2 is 2.16 bits per heavy atom. The van der Waals surface area contributed by atoms with Crippen LogP contribution in [0, 0.1) is 11.8 Å². The highest BCUT2D eigenvalue weighted by Crippen LogP contribution is 2.32. The highest BCUT2D eigenvalue weighted by atomic mass is 32.2. The number of esters is 2. The monoisotopic (exact) mass is 287 g/mol. The number of aliphatic imine (C=N–C) groups is 1. The van der Waals surface area contributed by atoms with E-state index in [1.807, 2.05) is 0 Å². The first-order chi connectivity index (χ1) is 8.99. The molecule has 1 aliphatic heterocycles. The molecule has 0 aromatic heterocycles. The summed E-state index contributed by atoms with van der Waals surface area (Å²) in [5.74, 6) is 0.262. The normalized spacial score (nSPS) is 22.3. The summed E-state index contributed by atoms with van der Waals surface area (Å²) in [6, 6.07) is -0.424. The predicted molar refractivity (Wildman–Crippen MR) is 75.3 cm³/mol. The van der Waals surface area contributed by atoms with Gasteiger partial charge in [0.25, 0.3) is 0 Å². The average molecular weight is 287 g/mol. The van der Waals surface area contributed by atoms with Crippen molar-refractivity contribution in [1.29, 1.82) is 0 Å². The fraction of sp³-hybridized carbons (Fsp3) is 0.769. The van der Waals surface area contributed by atoms with Crippen molar-refractivity contribution in [2.45, 2.75) is 33.2 Å². The molecule has 0 fully saturated rings. The lowest BCUT2D eigenvalue weighted by Gasteiger charge is -2.16. The van der Waals surface area contributed by atoms with Gasteiger partial charge in [-0.1, -0.05) is 25.6 Å². The molecule has 108 valence electrons. The molecular formula is C13H21NO4S. The molecule has 0 aromatic rings. The van der Waals surface area contributed by atoms with Gasteiger partial charge in [-0.2, -0.15) is 0 Å². The summed E-state index contributed by atoms with van der Waals surface area (Å²) in [7, 11) is 1.36. The molecule has 0 bridgehead atoms. The topological polar surface area (TPSA) is 65.0 Å². The minimum absolute atomic E-state index is 0.212. The van der Waals surface area contributed by atoms with Crippen LogP contribution >= 0.6 is 11.8 Å². The molecule has 0 unspecified atom stereocenters. The fourth-order valence-corrected chi connectivity index (χ4v) is 3.09. The molecule has 1 aliphatic rings. The zero-order valence-corrected chi connectivity index (χ0v) is 12.7. The van der Waals surface area contributed by atoms with Crippen molar-refractivity contribution in [3.05, 3.63) is 0 Å². The summed E-state index contributed by atoms with van der Waals surface area (Å²) in [5.41, 5.74) is 0. The Morgan fingerprint density at radius 1 is 1.47 bits per heavy atom. The molecule has 0 saturated carbocycles. The van der Waals surface area contributed by atoms with Crippen LogP contribution in [0.4, 0.5) is 0 Å². The van der Waals surface area contributed by atoms with E-state index in [2.05, 4.69) is 23.6 Å². The molecule has 5 nitrogen and oxygen atoms in total. The van der Waals surface area contributed by atoms with Crippen LogP contribution in [0.15, 0.2) is 4.99 Å². The minimum Gasteiger partial charge on any atom is -0.468 e. The van der Waals surface area contributed by atoms with Gasteiger partial charge in [0.2, 0.25) is 0 Å². The Morgan fingerprint density at radius 3 is 2.68 bits per heavy atom. The van der Waals surface area contributed by atoms with Gasteiger partial charge in [-0.25, -0.2) is 4.79 Å². The predicted octanol–water partition coefficient (Wildman–Crippen LogP) is 1.90. The van der Waals surface area contributed by atoms with E-state index in [4.69, 9.17) is 4.74 Å². The fourth-order valence-electron chi connectivity index (χ4n) is 1.92. The lowest BCUT2D eigenvalue weighted by molar-refractivity contribution is -0.144. The molecule has 0 N–H and O–H groups in total. The van der Waals surface area contributed by atoms with Gasteiger partial charge in [0, 0.05) is 5.92 Å². The Bertz CT molecular complexity index is 368. The maximum atomic E-state index is 11.7. The SMILES string of the molecule is CCOC(=O)[C@@H]1C[C@H](C(C)C)C(SCC(=O)OC)=N1. The van der Waals surface area contributed by atoms with Crippen LogP contribution in [0.1, 0.15) is 27.2 Å². The zero-order chi connectivity index (χ0) is 14.4. The van der Waals surface area contributed by atoms with Crippen molar-refractivity contribution in [1.82, 2.24) is 0 Å². The smallest absolute Gasteiger partial charge is 0.330 e. The number of hydrogen-bond acceptors (Lipinski definition) is 6. The highest BCUT2D eigenvalue weighted by Gasteiger charge is 2.35. The molecule has 6 heteroatoms. The molecule has 1 heterocycles. The van der Waals surface area contributed by atoms with Crippen LogP contribution in [0.3, 0.4) is 0 Å². The van der Waals surface area contributed by atoms with Gasteiger partial charge in [0.1, 0.15) is 6.04 Å². The lowest BCUT2D eigenvalue weighted by atomic mass is 9.93. The summed E-state index contributed by atoms with van der Waals surface area (Å²) in [6.07, 6.45) is 0.667. The van der Waals surface area contributed by atoms with Crippen LogP contribution in [0.25, 0.3) is 0 Å². The van der Waals surface area contributed by atoms with E-state index < -0.39 is 6.04 Å². The Balaban J connectivity index is 2.68. The van der Waals surface area contributed by atoms with Crippen molar-refractivity contribution < 1.29 is 19.1 Å². The van der Waals surface area contributed by atoms with E-state index in [9.17, 15) is 9.59 Å². The Hall–Kier alpha value is -1.04. The van der Waals surface area contributed by atoms with Crippen molar-refractivity contribution >= 4 is 28.7 Å². The second-order valence-electron chi connectivity index (χ2n) is 4.69. The second kappa shape index (κ2) is 7.53. The van der Waals surface area contributed by atoms with Crippen LogP contribution in [0.5, 0.6) is 0 Å². The molecule has 1 rings (SSSR count). The van der Waals surface area contributed by atoms with E-state index in [0.29, 0.717) is 18.9 Å². The molecular weight excluding hydrogens is 266 g/mol. The number of nitrogens with zero attached hydrogens (tertiary/aromatic N) is 1. The average Bonchev–Trinajstić information content (AvgIpc) is 2.80. The number of methoxy groups -OCH3 is 1. The number of hydrogen-bond donors (Lipinski definition) is 0. The number of rotatable bonds is 5. The number of thioether (sulfide) groups is 1. The third-order valence-corrected chi connectivity index (χ3v) is 4.09. The van der Waals surface area contributed by atoms with E-state index in [1.54, 1.807) is 6.92 Å². The summed E-state index contributed by atoms with van der Waals surface area (Å²) in [6.45, 7) is 6.32.